The van der Waals surface area contributed by atoms with Crippen molar-refractivity contribution in [3.8, 4) is 0 Å². The van der Waals surface area contributed by atoms with Gasteiger partial charge in [0.15, 0.2) is 0 Å². The first-order chi connectivity index (χ1) is 14.7. The average Bonchev–Trinajstić information content (AvgIpc) is 3.30. The highest BCUT2D eigenvalue weighted by Gasteiger charge is 2.35. The number of anilines is 1. The van der Waals surface area contributed by atoms with Gasteiger partial charge in [0.2, 0.25) is 0 Å². The predicted molar refractivity (Wildman–Crippen MR) is 118 cm³/mol. The summed E-state index contributed by atoms with van der Waals surface area (Å²) in [5.41, 5.74) is 0.808. The van der Waals surface area contributed by atoms with Gasteiger partial charge in [-0.25, -0.2) is 15.1 Å². The molecule has 0 aliphatic heterocycles. The number of nitrogens with one attached hydrogen (secondary N) is 1. The van der Waals surface area contributed by atoms with Gasteiger partial charge in [0.1, 0.15) is 23.3 Å². The van der Waals surface area contributed by atoms with E-state index in [1.54, 1.807) is 6.07 Å². The molecule has 0 saturated heterocycles. The standard InChI is InChI=1S/C19H21Cl2N5O4S/c20-15-4-2-1-3-13(15)17(21)25-18-14-5-6-26(19(14)24-10-23-18)12-7-11(16(27)8-12)9-30-31(22,28)29/h1-6,10-12,16-17,27H,7-9H2,(H2,22,28,29)(H,23,24,25)/t11-,12+,16-,17?/m0/s1. The molecule has 1 aromatic carbocycles. The third kappa shape index (κ3) is 4.94. The SMILES string of the molecule is NS(=O)(=O)OC[C@@H]1C[C@@H](n2ccc3c(NC(Cl)c4ccccc4Cl)ncnc32)C[C@@H]1O. The second-order valence-electron chi connectivity index (χ2n) is 7.44. The van der Waals surface area contributed by atoms with Crippen LogP contribution in [-0.2, 0) is 14.5 Å². The number of rotatable bonds is 7. The van der Waals surface area contributed by atoms with Crippen molar-refractivity contribution in [2.75, 3.05) is 11.9 Å². The Morgan fingerprint density at radius 2 is 2.06 bits per heavy atom. The minimum Gasteiger partial charge on any atom is -0.393 e. The number of benzene rings is 1. The van der Waals surface area contributed by atoms with Gasteiger partial charge < -0.3 is 15.0 Å². The van der Waals surface area contributed by atoms with Crippen LogP contribution in [0.4, 0.5) is 5.82 Å². The van der Waals surface area contributed by atoms with Crippen LogP contribution >= 0.6 is 23.2 Å². The molecule has 9 nitrogen and oxygen atoms in total. The third-order valence-corrected chi connectivity index (χ3v) is 6.58. The lowest BCUT2D eigenvalue weighted by Gasteiger charge is -2.16. The summed E-state index contributed by atoms with van der Waals surface area (Å²) < 4.78 is 28.7. The first-order valence-corrected chi connectivity index (χ1v) is 11.8. The number of alkyl halides is 1. The maximum Gasteiger partial charge on any atom is 0.333 e. The molecule has 31 heavy (non-hydrogen) atoms. The van der Waals surface area contributed by atoms with Gasteiger partial charge in [-0.3, -0.25) is 4.18 Å². The molecule has 0 radical (unpaired) electrons. The molecule has 4 rings (SSSR count). The molecule has 12 heteroatoms. The van der Waals surface area contributed by atoms with Gasteiger partial charge in [-0.15, -0.1) is 0 Å². The zero-order valence-electron chi connectivity index (χ0n) is 16.2. The molecule has 0 amide bonds. The van der Waals surface area contributed by atoms with Crippen LogP contribution in [-0.4, -0.2) is 40.8 Å². The lowest BCUT2D eigenvalue weighted by atomic mass is 10.1. The van der Waals surface area contributed by atoms with Crippen LogP contribution < -0.4 is 10.5 Å². The van der Waals surface area contributed by atoms with E-state index in [4.69, 9.17) is 28.3 Å². The summed E-state index contributed by atoms with van der Waals surface area (Å²) in [6.45, 7) is -0.163. The Balaban J connectivity index is 1.55. The zero-order valence-corrected chi connectivity index (χ0v) is 18.6. The summed E-state index contributed by atoms with van der Waals surface area (Å²) in [7, 11) is -4.05. The number of aliphatic hydroxyl groups is 1. The number of hydrogen-bond acceptors (Lipinski definition) is 7. The Hall–Kier alpha value is -1.95. The van der Waals surface area contributed by atoms with E-state index in [0.29, 0.717) is 29.3 Å². The third-order valence-electron chi connectivity index (χ3n) is 5.42. The molecular formula is C19H21Cl2N5O4S. The lowest BCUT2D eigenvalue weighted by Crippen LogP contribution is -2.24. The van der Waals surface area contributed by atoms with Crippen molar-refractivity contribution in [3.63, 3.8) is 0 Å². The molecule has 1 aliphatic rings. The number of halogens is 2. The Kier molecular flexibility index (Phi) is 6.38. The highest BCUT2D eigenvalue weighted by atomic mass is 35.5. The van der Waals surface area contributed by atoms with Crippen molar-refractivity contribution in [2.45, 2.75) is 30.5 Å². The van der Waals surface area contributed by atoms with Crippen LogP contribution in [0.1, 0.15) is 29.9 Å². The minimum atomic E-state index is -4.05. The van der Waals surface area contributed by atoms with Crippen LogP contribution in [0.15, 0.2) is 42.9 Å². The van der Waals surface area contributed by atoms with E-state index in [1.165, 1.54) is 6.33 Å². The molecule has 0 bridgehead atoms. The molecule has 3 aromatic rings. The molecule has 1 aliphatic carbocycles. The van der Waals surface area contributed by atoms with Gasteiger partial charge in [-0.05, 0) is 25.0 Å². The largest absolute Gasteiger partial charge is 0.393 e. The number of nitrogens with zero attached hydrogens (tertiary/aromatic N) is 3. The van der Waals surface area contributed by atoms with Crippen molar-refractivity contribution in [1.82, 2.24) is 14.5 Å². The molecule has 1 fully saturated rings. The smallest absolute Gasteiger partial charge is 0.333 e. The van der Waals surface area contributed by atoms with Gasteiger partial charge in [0.05, 0.1) is 18.1 Å². The summed E-state index contributed by atoms with van der Waals surface area (Å²) in [6.07, 6.45) is 3.54. The fourth-order valence-electron chi connectivity index (χ4n) is 3.92. The van der Waals surface area contributed by atoms with Crippen molar-refractivity contribution in [3.05, 3.63) is 53.4 Å². The van der Waals surface area contributed by atoms with Gasteiger partial charge >= 0.3 is 10.3 Å². The number of nitrogens with two attached hydrogens (primary N) is 1. The summed E-state index contributed by atoms with van der Waals surface area (Å²) in [4.78, 5) is 8.71. The van der Waals surface area contributed by atoms with E-state index in [2.05, 4.69) is 19.5 Å². The Morgan fingerprint density at radius 3 is 2.81 bits per heavy atom. The topological polar surface area (TPSA) is 132 Å². The lowest BCUT2D eigenvalue weighted by molar-refractivity contribution is 0.100. The second kappa shape index (κ2) is 8.89. The van der Waals surface area contributed by atoms with E-state index in [0.717, 1.165) is 10.9 Å². The number of aliphatic hydroxyl groups excluding tert-OH is 1. The number of aromatic nitrogens is 3. The Morgan fingerprint density at radius 1 is 1.29 bits per heavy atom. The van der Waals surface area contributed by atoms with Crippen LogP contribution in [0.2, 0.25) is 5.02 Å². The molecule has 2 aromatic heterocycles. The van der Waals surface area contributed by atoms with Crippen LogP contribution in [0.25, 0.3) is 11.0 Å². The maximum atomic E-state index is 11.1. The zero-order chi connectivity index (χ0) is 22.2. The summed E-state index contributed by atoms with van der Waals surface area (Å²) >= 11 is 12.8. The van der Waals surface area contributed by atoms with Gasteiger partial charge in [-0.1, -0.05) is 41.4 Å². The molecule has 4 N–H and O–H groups in total. The molecular weight excluding hydrogens is 465 g/mol. The fraction of sp³-hybridized carbons (Fsp3) is 0.368. The number of hydrogen-bond donors (Lipinski definition) is 3. The summed E-state index contributed by atoms with van der Waals surface area (Å²) in [5.74, 6) is 0.198. The second-order valence-corrected chi connectivity index (χ2v) is 9.51. The van der Waals surface area contributed by atoms with E-state index < -0.39 is 21.9 Å². The molecule has 1 saturated carbocycles. The monoisotopic (exact) mass is 485 g/mol. The van der Waals surface area contributed by atoms with Crippen LogP contribution in [0.5, 0.6) is 0 Å². The molecule has 166 valence electrons. The molecule has 0 spiro atoms. The number of fused-ring (bicyclic) bond motifs is 1. The van der Waals surface area contributed by atoms with E-state index in [-0.39, 0.29) is 18.6 Å². The summed E-state index contributed by atoms with van der Waals surface area (Å²) in [5, 5.41) is 19.7. The minimum absolute atomic E-state index is 0.0836. The van der Waals surface area contributed by atoms with E-state index in [1.807, 2.05) is 35.0 Å². The van der Waals surface area contributed by atoms with Gasteiger partial charge in [0.25, 0.3) is 0 Å². The predicted octanol–water partition coefficient (Wildman–Crippen LogP) is 2.97. The quantitative estimate of drug-likeness (QED) is 0.346. The molecule has 1 unspecified atom stereocenters. The van der Waals surface area contributed by atoms with Crippen LogP contribution in [0.3, 0.4) is 0 Å². The normalized spacial score (nSPS) is 22.6. The first kappa shape index (κ1) is 22.3. The van der Waals surface area contributed by atoms with Gasteiger partial charge in [-0.2, -0.15) is 8.42 Å². The van der Waals surface area contributed by atoms with E-state index >= 15 is 0 Å². The van der Waals surface area contributed by atoms with Crippen molar-refractivity contribution in [1.29, 1.82) is 0 Å². The average molecular weight is 486 g/mol. The first-order valence-electron chi connectivity index (χ1n) is 9.54. The van der Waals surface area contributed by atoms with Crippen molar-refractivity contribution >= 4 is 50.4 Å². The highest BCUT2D eigenvalue weighted by Crippen LogP contribution is 2.38. The van der Waals surface area contributed by atoms with Crippen LogP contribution in [0, 0.1) is 5.92 Å². The molecule has 2 heterocycles. The van der Waals surface area contributed by atoms with Crippen molar-refractivity contribution in [2.24, 2.45) is 11.1 Å². The molecule has 4 atom stereocenters. The highest BCUT2D eigenvalue weighted by molar-refractivity contribution is 7.84. The Bertz CT molecular complexity index is 1190. The van der Waals surface area contributed by atoms with Crippen molar-refractivity contribution < 1.29 is 17.7 Å². The van der Waals surface area contributed by atoms with E-state index in [9.17, 15) is 13.5 Å². The Labute approximate surface area is 189 Å². The summed E-state index contributed by atoms with van der Waals surface area (Å²) in [6, 6.07) is 9.07. The fourth-order valence-corrected chi connectivity index (χ4v) is 4.88. The van der Waals surface area contributed by atoms with Gasteiger partial charge in [0, 0.05) is 28.7 Å². The maximum absolute atomic E-state index is 11.1.